The summed E-state index contributed by atoms with van der Waals surface area (Å²) in [6.07, 6.45) is 6.21. The minimum atomic E-state index is -0.0167. The van der Waals surface area contributed by atoms with Crippen LogP contribution in [0.25, 0.3) is 0 Å². The van der Waals surface area contributed by atoms with Crippen molar-refractivity contribution >= 4 is 21.8 Å². The molecule has 3 N–H and O–H groups in total. The zero-order valence-corrected chi connectivity index (χ0v) is 16.1. The van der Waals surface area contributed by atoms with Crippen LogP contribution in [0.15, 0.2) is 16.6 Å². The zero-order valence-electron chi connectivity index (χ0n) is 14.5. The molecule has 0 atom stereocenters. The van der Waals surface area contributed by atoms with E-state index in [-0.39, 0.29) is 11.3 Å². The van der Waals surface area contributed by atoms with E-state index in [2.05, 4.69) is 21.2 Å². The molecular weight excluding hydrogens is 372 g/mol. The van der Waals surface area contributed by atoms with Crippen LogP contribution in [0.1, 0.15) is 44.1 Å². The summed E-state index contributed by atoms with van der Waals surface area (Å²) >= 11 is 3.52. The normalized spacial score (nSPS) is 16.5. The molecule has 0 bridgehead atoms. The number of nitrogens with one attached hydrogen (secondary N) is 1. The van der Waals surface area contributed by atoms with Crippen molar-refractivity contribution in [3.05, 3.63) is 22.2 Å². The van der Waals surface area contributed by atoms with Crippen molar-refractivity contribution in [1.29, 1.82) is 0 Å². The van der Waals surface area contributed by atoms with Gasteiger partial charge in [-0.25, -0.2) is 0 Å². The highest BCUT2D eigenvalue weighted by Crippen LogP contribution is 2.38. The van der Waals surface area contributed by atoms with Crippen molar-refractivity contribution in [1.82, 2.24) is 5.32 Å². The first-order valence-corrected chi connectivity index (χ1v) is 9.20. The Kier molecular flexibility index (Phi) is 6.92. The van der Waals surface area contributed by atoms with Crippen LogP contribution in [0, 0.1) is 5.41 Å². The fourth-order valence-corrected chi connectivity index (χ4v) is 3.85. The molecule has 134 valence electrons. The number of halogens is 1. The number of hydrogen-bond acceptors (Lipinski definition) is 4. The van der Waals surface area contributed by atoms with Gasteiger partial charge in [-0.05, 0) is 42.5 Å². The SMILES string of the molecule is COc1cc(Br)c(CNC(=O)CC2(CN)CCCCC2)cc1OC. The van der Waals surface area contributed by atoms with Crippen molar-refractivity contribution in [2.75, 3.05) is 20.8 Å². The largest absolute Gasteiger partial charge is 0.493 e. The van der Waals surface area contributed by atoms with E-state index in [1.165, 1.54) is 19.3 Å². The van der Waals surface area contributed by atoms with E-state index in [4.69, 9.17) is 15.2 Å². The second kappa shape index (κ2) is 8.72. The second-order valence-electron chi connectivity index (χ2n) is 6.52. The number of hydrogen-bond donors (Lipinski definition) is 2. The summed E-state index contributed by atoms with van der Waals surface area (Å²) in [5, 5.41) is 3.01. The molecule has 5 nitrogen and oxygen atoms in total. The van der Waals surface area contributed by atoms with Crippen LogP contribution in [-0.4, -0.2) is 26.7 Å². The first kappa shape index (κ1) is 19.1. The quantitative estimate of drug-likeness (QED) is 0.737. The fraction of sp³-hybridized carbons (Fsp3) is 0.611. The maximum absolute atomic E-state index is 12.4. The Morgan fingerprint density at radius 2 is 1.83 bits per heavy atom. The molecule has 0 unspecified atom stereocenters. The molecular formula is C18H27BrN2O3. The van der Waals surface area contributed by atoms with E-state index in [1.54, 1.807) is 14.2 Å². The van der Waals surface area contributed by atoms with E-state index in [9.17, 15) is 4.79 Å². The first-order valence-electron chi connectivity index (χ1n) is 8.41. The van der Waals surface area contributed by atoms with Gasteiger partial charge in [0.05, 0.1) is 14.2 Å². The molecule has 1 aliphatic rings. The molecule has 0 aliphatic heterocycles. The predicted octanol–water partition coefficient (Wildman–Crippen LogP) is 3.38. The van der Waals surface area contributed by atoms with Crippen LogP contribution >= 0.6 is 15.9 Å². The Hall–Kier alpha value is -1.27. The fourth-order valence-electron chi connectivity index (χ4n) is 3.38. The second-order valence-corrected chi connectivity index (χ2v) is 7.37. The van der Waals surface area contributed by atoms with Crippen molar-refractivity contribution in [3.8, 4) is 11.5 Å². The van der Waals surface area contributed by atoms with Gasteiger partial charge >= 0.3 is 0 Å². The molecule has 0 saturated heterocycles. The summed E-state index contributed by atoms with van der Waals surface area (Å²) in [5.74, 6) is 1.36. The van der Waals surface area contributed by atoms with Gasteiger partial charge in [0.25, 0.3) is 0 Å². The van der Waals surface area contributed by atoms with Gasteiger partial charge in [0.15, 0.2) is 11.5 Å². The van der Waals surface area contributed by atoms with Crippen LogP contribution in [-0.2, 0) is 11.3 Å². The van der Waals surface area contributed by atoms with Crippen molar-refractivity contribution in [2.24, 2.45) is 11.1 Å². The van der Waals surface area contributed by atoms with E-state index < -0.39 is 0 Å². The summed E-state index contributed by atoms with van der Waals surface area (Å²) in [6.45, 7) is 1.03. The number of nitrogens with two attached hydrogens (primary N) is 1. The number of benzene rings is 1. The Morgan fingerprint density at radius 3 is 2.42 bits per heavy atom. The molecule has 0 radical (unpaired) electrons. The number of carbonyl (C=O) groups excluding carboxylic acids is 1. The van der Waals surface area contributed by atoms with E-state index >= 15 is 0 Å². The van der Waals surface area contributed by atoms with Crippen LogP contribution in [0.2, 0.25) is 0 Å². The number of ether oxygens (including phenoxy) is 2. The van der Waals surface area contributed by atoms with Crippen molar-refractivity contribution in [2.45, 2.75) is 45.1 Å². The Morgan fingerprint density at radius 1 is 1.21 bits per heavy atom. The average Bonchev–Trinajstić information content (AvgIpc) is 2.61. The molecule has 1 saturated carbocycles. The summed E-state index contributed by atoms with van der Waals surface area (Å²) in [7, 11) is 3.20. The Balaban J connectivity index is 1.98. The number of carbonyl (C=O) groups is 1. The zero-order chi connectivity index (χ0) is 17.6. The van der Waals surface area contributed by atoms with Gasteiger partial charge in [-0.3, -0.25) is 4.79 Å². The number of methoxy groups -OCH3 is 2. The minimum absolute atomic E-state index is 0.0167. The van der Waals surface area contributed by atoms with Crippen LogP contribution in [0.5, 0.6) is 11.5 Å². The molecule has 2 rings (SSSR count). The maximum Gasteiger partial charge on any atom is 0.220 e. The van der Waals surface area contributed by atoms with Crippen LogP contribution < -0.4 is 20.5 Å². The summed E-state index contributed by atoms with van der Waals surface area (Å²) in [5.41, 5.74) is 6.90. The third kappa shape index (κ3) is 4.63. The third-order valence-corrected chi connectivity index (χ3v) is 5.65. The Labute approximate surface area is 152 Å². The number of rotatable bonds is 7. The summed E-state index contributed by atoms with van der Waals surface area (Å²) in [4.78, 5) is 12.4. The molecule has 0 aromatic heterocycles. The molecule has 0 heterocycles. The van der Waals surface area contributed by atoms with Crippen molar-refractivity contribution < 1.29 is 14.3 Å². The smallest absolute Gasteiger partial charge is 0.220 e. The molecule has 6 heteroatoms. The van der Waals surface area contributed by atoms with Crippen molar-refractivity contribution in [3.63, 3.8) is 0 Å². The Bertz CT molecular complexity index is 572. The van der Waals surface area contributed by atoms with Gasteiger partial charge in [0.1, 0.15) is 0 Å². The first-order chi connectivity index (χ1) is 11.5. The van der Waals surface area contributed by atoms with Gasteiger partial charge < -0.3 is 20.5 Å². The van der Waals surface area contributed by atoms with Gasteiger partial charge in [-0.15, -0.1) is 0 Å². The lowest BCUT2D eigenvalue weighted by atomic mass is 9.71. The van der Waals surface area contributed by atoms with Crippen LogP contribution in [0.4, 0.5) is 0 Å². The highest BCUT2D eigenvalue weighted by atomic mass is 79.9. The van der Waals surface area contributed by atoms with Gasteiger partial charge in [0.2, 0.25) is 5.91 Å². The molecule has 1 aromatic rings. The third-order valence-electron chi connectivity index (χ3n) is 4.91. The lowest BCUT2D eigenvalue weighted by molar-refractivity contribution is -0.124. The lowest BCUT2D eigenvalue weighted by Gasteiger charge is -2.35. The van der Waals surface area contributed by atoms with Gasteiger partial charge in [-0.1, -0.05) is 35.2 Å². The molecule has 1 amide bonds. The summed E-state index contributed by atoms with van der Waals surface area (Å²) in [6, 6.07) is 3.73. The highest BCUT2D eigenvalue weighted by molar-refractivity contribution is 9.10. The monoisotopic (exact) mass is 398 g/mol. The predicted molar refractivity (Wildman–Crippen MR) is 98.3 cm³/mol. The molecule has 1 aliphatic carbocycles. The molecule has 0 spiro atoms. The van der Waals surface area contributed by atoms with E-state index in [0.717, 1.165) is 22.9 Å². The highest BCUT2D eigenvalue weighted by Gasteiger charge is 2.32. The molecule has 24 heavy (non-hydrogen) atoms. The topological polar surface area (TPSA) is 73.6 Å². The summed E-state index contributed by atoms with van der Waals surface area (Å²) < 4.78 is 11.5. The van der Waals surface area contributed by atoms with Gasteiger partial charge in [0, 0.05) is 17.4 Å². The average molecular weight is 399 g/mol. The van der Waals surface area contributed by atoms with Crippen LogP contribution in [0.3, 0.4) is 0 Å². The molecule has 1 aromatic carbocycles. The minimum Gasteiger partial charge on any atom is -0.493 e. The maximum atomic E-state index is 12.4. The lowest BCUT2D eigenvalue weighted by Crippen LogP contribution is -2.38. The van der Waals surface area contributed by atoms with E-state index in [1.807, 2.05) is 12.1 Å². The molecule has 1 fully saturated rings. The standard InChI is InChI=1S/C18H27BrN2O3/c1-23-15-8-13(14(19)9-16(15)24-2)11-21-17(22)10-18(12-20)6-4-3-5-7-18/h8-9H,3-7,10-12,20H2,1-2H3,(H,21,22). The van der Waals surface area contributed by atoms with E-state index in [0.29, 0.717) is 31.0 Å². The number of amides is 1. The van der Waals surface area contributed by atoms with Gasteiger partial charge in [-0.2, -0.15) is 0 Å².